The highest BCUT2D eigenvalue weighted by Crippen LogP contribution is 2.19. The van der Waals surface area contributed by atoms with E-state index in [9.17, 15) is 0 Å². The van der Waals surface area contributed by atoms with Gasteiger partial charge in [-0.25, -0.2) is 9.97 Å². The molecular weight excluding hydrogens is 200 g/mol. The zero-order valence-electron chi connectivity index (χ0n) is 9.95. The van der Waals surface area contributed by atoms with Crippen LogP contribution in [0, 0.1) is 0 Å². The third kappa shape index (κ3) is 2.84. The minimum absolute atomic E-state index is 0.949. The van der Waals surface area contributed by atoms with Crippen molar-refractivity contribution in [2.24, 2.45) is 0 Å². The van der Waals surface area contributed by atoms with Crippen LogP contribution in [0.5, 0.6) is 0 Å². The first-order valence-electron chi connectivity index (χ1n) is 6.21. The van der Waals surface area contributed by atoms with E-state index in [1.165, 1.54) is 25.7 Å². The lowest BCUT2D eigenvalue weighted by Crippen LogP contribution is -2.19. The van der Waals surface area contributed by atoms with Gasteiger partial charge in [-0.1, -0.05) is 13.3 Å². The predicted octanol–water partition coefficient (Wildman–Crippen LogP) is 2.29. The van der Waals surface area contributed by atoms with Crippen LogP contribution in [0.15, 0.2) is 12.4 Å². The lowest BCUT2D eigenvalue weighted by molar-refractivity contribution is 0.829. The third-order valence-electron chi connectivity index (χ3n) is 2.92. The fraction of sp³-hybridized carbons (Fsp3) is 0.667. The van der Waals surface area contributed by atoms with Crippen LogP contribution < -0.4 is 10.2 Å². The molecule has 0 saturated carbocycles. The molecule has 16 heavy (non-hydrogen) atoms. The average Bonchev–Trinajstić information content (AvgIpc) is 2.83. The van der Waals surface area contributed by atoms with E-state index in [2.05, 4.69) is 33.2 Å². The van der Waals surface area contributed by atoms with E-state index in [0.717, 1.165) is 31.3 Å². The van der Waals surface area contributed by atoms with Crippen molar-refractivity contribution in [3.63, 3.8) is 0 Å². The Balaban J connectivity index is 1.95. The molecule has 1 saturated heterocycles. The summed E-state index contributed by atoms with van der Waals surface area (Å²) in [5, 5.41) is 3.33. The Morgan fingerprint density at radius 2 is 2.12 bits per heavy atom. The predicted molar refractivity (Wildman–Crippen MR) is 66.9 cm³/mol. The second-order valence-electron chi connectivity index (χ2n) is 4.24. The molecule has 0 amide bonds. The van der Waals surface area contributed by atoms with Crippen molar-refractivity contribution in [2.75, 3.05) is 29.9 Å². The van der Waals surface area contributed by atoms with Crippen LogP contribution in [-0.2, 0) is 0 Å². The van der Waals surface area contributed by atoms with Crippen LogP contribution in [0.25, 0.3) is 0 Å². The molecule has 1 aromatic heterocycles. The van der Waals surface area contributed by atoms with Crippen molar-refractivity contribution in [1.29, 1.82) is 0 Å². The maximum Gasteiger partial charge on any atom is 0.134 e. The number of anilines is 2. The van der Waals surface area contributed by atoms with Gasteiger partial charge in [0.2, 0.25) is 0 Å². The highest BCUT2D eigenvalue weighted by atomic mass is 15.2. The van der Waals surface area contributed by atoms with Gasteiger partial charge in [-0.2, -0.15) is 0 Å². The van der Waals surface area contributed by atoms with E-state index in [1.54, 1.807) is 6.33 Å². The first-order valence-corrected chi connectivity index (χ1v) is 6.21. The van der Waals surface area contributed by atoms with Crippen molar-refractivity contribution < 1.29 is 0 Å². The number of aromatic nitrogens is 2. The summed E-state index contributed by atoms with van der Waals surface area (Å²) in [6, 6.07) is 2.06. The van der Waals surface area contributed by atoms with Crippen molar-refractivity contribution in [2.45, 2.75) is 32.6 Å². The number of hydrogen-bond acceptors (Lipinski definition) is 4. The SMILES string of the molecule is CCCCNc1cc(N2CCCC2)ncn1. The monoisotopic (exact) mass is 220 g/mol. The molecule has 1 aliphatic rings. The molecule has 0 aliphatic carbocycles. The zero-order valence-corrected chi connectivity index (χ0v) is 9.95. The largest absolute Gasteiger partial charge is 0.370 e. The topological polar surface area (TPSA) is 41.0 Å². The molecule has 1 aliphatic heterocycles. The smallest absolute Gasteiger partial charge is 0.134 e. The molecule has 4 nitrogen and oxygen atoms in total. The minimum Gasteiger partial charge on any atom is -0.370 e. The maximum absolute atomic E-state index is 4.32. The van der Waals surface area contributed by atoms with Gasteiger partial charge in [0.15, 0.2) is 0 Å². The van der Waals surface area contributed by atoms with E-state index in [-0.39, 0.29) is 0 Å². The van der Waals surface area contributed by atoms with Gasteiger partial charge in [0.25, 0.3) is 0 Å². The third-order valence-corrected chi connectivity index (χ3v) is 2.92. The summed E-state index contributed by atoms with van der Waals surface area (Å²) in [4.78, 5) is 10.9. The lowest BCUT2D eigenvalue weighted by atomic mass is 10.3. The second-order valence-corrected chi connectivity index (χ2v) is 4.24. The zero-order chi connectivity index (χ0) is 11.2. The first-order chi connectivity index (χ1) is 7.90. The number of rotatable bonds is 5. The highest BCUT2D eigenvalue weighted by Gasteiger charge is 2.13. The van der Waals surface area contributed by atoms with Crippen LogP contribution in [0.3, 0.4) is 0 Å². The van der Waals surface area contributed by atoms with Crippen LogP contribution in [0.1, 0.15) is 32.6 Å². The Bertz CT molecular complexity index is 321. The molecule has 1 fully saturated rings. The summed E-state index contributed by atoms with van der Waals surface area (Å²) in [7, 11) is 0. The van der Waals surface area contributed by atoms with Gasteiger partial charge in [0, 0.05) is 25.7 Å². The molecule has 88 valence electrons. The second kappa shape index (κ2) is 5.68. The van der Waals surface area contributed by atoms with Gasteiger partial charge in [-0.15, -0.1) is 0 Å². The number of hydrogen-bond donors (Lipinski definition) is 1. The summed E-state index contributed by atoms with van der Waals surface area (Å²) >= 11 is 0. The van der Waals surface area contributed by atoms with E-state index >= 15 is 0 Å². The molecule has 2 heterocycles. The highest BCUT2D eigenvalue weighted by molar-refractivity contribution is 5.48. The molecule has 2 rings (SSSR count). The van der Waals surface area contributed by atoms with Crippen molar-refractivity contribution in [3.05, 3.63) is 12.4 Å². The van der Waals surface area contributed by atoms with Gasteiger partial charge in [-0.3, -0.25) is 0 Å². The van der Waals surface area contributed by atoms with Crippen molar-refractivity contribution >= 4 is 11.6 Å². The molecule has 0 unspecified atom stereocenters. The Kier molecular flexibility index (Phi) is 3.97. The summed E-state index contributed by atoms with van der Waals surface area (Å²) in [5.74, 6) is 2.01. The minimum atomic E-state index is 0.949. The van der Waals surface area contributed by atoms with Gasteiger partial charge < -0.3 is 10.2 Å². The van der Waals surface area contributed by atoms with Crippen LogP contribution in [-0.4, -0.2) is 29.6 Å². The van der Waals surface area contributed by atoms with Crippen molar-refractivity contribution in [1.82, 2.24) is 9.97 Å². The van der Waals surface area contributed by atoms with Gasteiger partial charge in [0.1, 0.15) is 18.0 Å². The van der Waals surface area contributed by atoms with E-state index in [0.29, 0.717) is 0 Å². The molecule has 4 heteroatoms. The number of nitrogens with zero attached hydrogens (tertiary/aromatic N) is 3. The molecule has 1 N–H and O–H groups in total. The molecule has 0 spiro atoms. The van der Waals surface area contributed by atoms with E-state index in [1.807, 2.05) is 0 Å². The Morgan fingerprint density at radius 3 is 2.88 bits per heavy atom. The number of nitrogens with one attached hydrogen (secondary N) is 1. The Morgan fingerprint density at radius 1 is 1.31 bits per heavy atom. The maximum atomic E-state index is 4.32. The molecule has 0 bridgehead atoms. The van der Waals surface area contributed by atoms with E-state index < -0.39 is 0 Å². The Labute approximate surface area is 97.1 Å². The van der Waals surface area contributed by atoms with Gasteiger partial charge in [0.05, 0.1) is 0 Å². The van der Waals surface area contributed by atoms with Gasteiger partial charge in [-0.05, 0) is 19.3 Å². The quantitative estimate of drug-likeness (QED) is 0.773. The van der Waals surface area contributed by atoms with Crippen LogP contribution >= 0.6 is 0 Å². The standard InChI is InChI=1S/C12H20N4/c1-2-3-6-13-11-9-12(15-10-14-11)16-7-4-5-8-16/h9-10H,2-8H2,1H3,(H,13,14,15). The fourth-order valence-corrected chi connectivity index (χ4v) is 1.96. The normalized spacial score (nSPS) is 15.4. The molecule has 0 radical (unpaired) electrons. The van der Waals surface area contributed by atoms with Crippen LogP contribution in [0.4, 0.5) is 11.6 Å². The summed E-state index contributed by atoms with van der Waals surface area (Å²) in [6.07, 6.45) is 6.60. The van der Waals surface area contributed by atoms with E-state index in [4.69, 9.17) is 0 Å². The summed E-state index contributed by atoms with van der Waals surface area (Å²) < 4.78 is 0. The fourth-order valence-electron chi connectivity index (χ4n) is 1.96. The molecule has 1 aromatic rings. The lowest BCUT2D eigenvalue weighted by Gasteiger charge is -2.16. The summed E-state index contributed by atoms with van der Waals surface area (Å²) in [6.45, 7) is 5.45. The van der Waals surface area contributed by atoms with Crippen molar-refractivity contribution in [3.8, 4) is 0 Å². The Hall–Kier alpha value is -1.32. The first kappa shape index (κ1) is 11.2. The van der Waals surface area contributed by atoms with Gasteiger partial charge >= 0.3 is 0 Å². The molecule has 0 aromatic carbocycles. The van der Waals surface area contributed by atoms with Crippen LogP contribution in [0.2, 0.25) is 0 Å². The molecule has 0 atom stereocenters. The average molecular weight is 220 g/mol. The molecular formula is C12H20N4. The number of unbranched alkanes of at least 4 members (excludes halogenated alkanes) is 1. The summed E-state index contributed by atoms with van der Waals surface area (Å²) in [5.41, 5.74) is 0.